The van der Waals surface area contributed by atoms with Crippen LogP contribution in [0.15, 0.2) is 5.16 Å². The fourth-order valence-corrected chi connectivity index (χ4v) is 1.35. The predicted molar refractivity (Wildman–Crippen MR) is 58.3 cm³/mol. The van der Waals surface area contributed by atoms with E-state index in [0.29, 0.717) is 0 Å². The van der Waals surface area contributed by atoms with Crippen LogP contribution in [0.3, 0.4) is 0 Å². The Morgan fingerprint density at radius 2 is 1.60 bits per heavy atom. The summed E-state index contributed by atoms with van der Waals surface area (Å²) in [6, 6.07) is 0. The highest BCUT2D eigenvalue weighted by Crippen LogP contribution is 2.36. The lowest BCUT2D eigenvalue weighted by molar-refractivity contribution is -0.321. The van der Waals surface area contributed by atoms with E-state index in [2.05, 4.69) is 9.89 Å². The number of ether oxygens (including phenoxy) is 1. The molecule has 0 atom stereocenters. The molecule has 0 aromatic heterocycles. The molecule has 0 unspecified atom stereocenters. The van der Waals surface area contributed by atoms with E-state index in [1.807, 2.05) is 0 Å². The minimum atomic E-state index is -5.51. The minimum absolute atomic E-state index is 0.103. The lowest BCUT2D eigenvalue weighted by atomic mass is 9.87. The van der Waals surface area contributed by atoms with Crippen molar-refractivity contribution in [3.05, 3.63) is 0 Å². The number of hydrogen-bond acceptors (Lipinski definition) is 3. The molecule has 0 radical (unpaired) electrons. The fourth-order valence-electron chi connectivity index (χ4n) is 1.35. The molecule has 0 rings (SSSR count). The molecule has 0 amide bonds. The van der Waals surface area contributed by atoms with Crippen molar-refractivity contribution in [3.63, 3.8) is 0 Å². The summed E-state index contributed by atoms with van der Waals surface area (Å²) in [4.78, 5) is 0. The first kappa shape index (κ1) is 18.8. The maximum absolute atomic E-state index is 12.1. The predicted octanol–water partition coefficient (Wildman–Crippen LogP) is 3.05. The van der Waals surface area contributed by atoms with Crippen LogP contribution in [0.2, 0.25) is 0 Å². The number of hydrogen-bond donors (Lipinski definition) is 2. The van der Waals surface area contributed by atoms with E-state index in [1.54, 1.807) is 0 Å². The van der Waals surface area contributed by atoms with Crippen molar-refractivity contribution in [1.82, 2.24) is 0 Å². The van der Waals surface area contributed by atoms with Crippen molar-refractivity contribution < 1.29 is 36.3 Å². The Kier molecular flexibility index (Phi) is 6.12. The lowest BCUT2D eigenvalue weighted by Crippen LogP contribution is -2.44. The van der Waals surface area contributed by atoms with Crippen LogP contribution in [-0.2, 0) is 4.74 Å². The summed E-state index contributed by atoms with van der Waals surface area (Å²) in [5.41, 5.74) is 4.47. The summed E-state index contributed by atoms with van der Waals surface area (Å²) >= 11 is 0. The second kappa shape index (κ2) is 6.51. The third kappa shape index (κ3) is 5.85. The molecule has 0 saturated heterocycles. The average molecular weight is 310 g/mol. The number of amidine groups is 1. The third-order valence-electron chi connectivity index (χ3n) is 2.63. The Hall–Kier alpha value is -1.19. The fraction of sp³-hybridized carbons (Fsp3) is 0.900. The van der Waals surface area contributed by atoms with Gasteiger partial charge in [0.1, 0.15) is 5.84 Å². The molecule has 0 aromatic rings. The molecular formula is C10H16F6N2O2. The van der Waals surface area contributed by atoms with Gasteiger partial charge in [-0.3, -0.25) is 0 Å². The van der Waals surface area contributed by atoms with Crippen molar-refractivity contribution in [2.45, 2.75) is 45.1 Å². The Labute approximate surface area is 111 Å². The summed E-state index contributed by atoms with van der Waals surface area (Å²) < 4.78 is 76.7. The van der Waals surface area contributed by atoms with Crippen LogP contribution >= 0.6 is 0 Å². The first-order valence-corrected chi connectivity index (χ1v) is 5.55. The molecule has 0 fully saturated rings. The number of halogens is 6. The molecule has 20 heavy (non-hydrogen) atoms. The number of alkyl halides is 6. The number of oxime groups is 1. The van der Waals surface area contributed by atoms with Crippen LogP contribution in [0.25, 0.3) is 0 Å². The summed E-state index contributed by atoms with van der Waals surface area (Å²) in [5.74, 6) is -0.166. The van der Waals surface area contributed by atoms with Crippen LogP contribution < -0.4 is 5.73 Å². The largest absolute Gasteiger partial charge is 0.423 e. The highest BCUT2D eigenvalue weighted by molar-refractivity contribution is 5.85. The molecule has 3 N–H and O–H groups in total. The summed E-state index contributed by atoms with van der Waals surface area (Å²) in [6.07, 6.45) is -14.8. The van der Waals surface area contributed by atoms with Gasteiger partial charge in [-0.2, -0.15) is 26.3 Å². The van der Waals surface area contributed by atoms with Crippen LogP contribution in [-0.4, -0.2) is 36.1 Å². The van der Waals surface area contributed by atoms with Crippen LogP contribution in [0.5, 0.6) is 0 Å². The summed E-state index contributed by atoms with van der Waals surface area (Å²) in [7, 11) is 0. The standard InChI is InChI=1S/C10H16F6N2O2/c1-8(2,7(17)18-19)4-3-5-20-6(9(11,12)13)10(14,15)16/h6,19H,3-5H2,1-2H3,(H2,17,18). The Balaban J connectivity index is 4.42. The molecule has 0 aliphatic carbocycles. The van der Waals surface area contributed by atoms with Gasteiger partial charge in [-0.05, 0) is 12.8 Å². The third-order valence-corrected chi connectivity index (χ3v) is 2.63. The van der Waals surface area contributed by atoms with Crippen molar-refractivity contribution in [3.8, 4) is 0 Å². The molecule has 0 saturated carbocycles. The molecule has 0 aliphatic heterocycles. The molecular weight excluding hydrogens is 294 g/mol. The van der Waals surface area contributed by atoms with Crippen molar-refractivity contribution >= 4 is 5.84 Å². The first-order valence-electron chi connectivity index (χ1n) is 5.55. The molecule has 120 valence electrons. The summed E-state index contributed by atoms with van der Waals surface area (Å²) in [6.45, 7) is 2.33. The van der Waals surface area contributed by atoms with E-state index in [9.17, 15) is 26.3 Å². The Bertz CT molecular complexity index is 324. The zero-order valence-corrected chi connectivity index (χ0v) is 10.8. The quantitative estimate of drug-likeness (QED) is 0.198. The number of nitrogens with two attached hydrogens (primary N) is 1. The topological polar surface area (TPSA) is 67.8 Å². The van der Waals surface area contributed by atoms with Gasteiger partial charge in [0.2, 0.25) is 6.10 Å². The van der Waals surface area contributed by atoms with Gasteiger partial charge in [-0.15, -0.1) is 0 Å². The molecule has 10 heteroatoms. The smallest absolute Gasteiger partial charge is 0.409 e. The van der Waals surface area contributed by atoms with E-state index in [4.69, 9.17) is 10.9 Å². The van der Waals surface area contributed by atoms with Crippen LogP contribution in [0.4, 0.5) is 26.3 Å². The monoisotopic (exact) mass is 310 g/mol. The molecule has 0 aromatic carbocycles. The minimum Gasteiger partial charge on any atom is -0.409 e. The first-order chi connectivity index (χ1) is 8.82. The zero-order chi connectivity index (χ0) is 16.2. The van der Waals surface area contributed by atoms with Gasteiger partial charge in [-0.1, -0.05) is 19.0 Å². The number of nitrogens with zero attached hydrogens (tertiary/aromatic N) is 1. The van der Waals surface area contributed by atoms with Gasteiger partial charge in [-0.25, -0.2) is 0 Å². The zero-order valence-electron chi connectivity index (χ0n) is 10.8. The average Bonchev–Trinajstić information content (AvgIpc) is 2.23. The molecule has 4 nitrogen and oxygen atoms in total. The lowest BCUT2D eigenvalue weighted by Gasteiger charge is -2.25. The second-order valence-corrected chi connectivity index (χ2v) is 4.81. The maximum atomic E-state index is 12.1. The van der Waals surface area contributed by atoms with Gasteiger partial charge < -0.3 is 15.7 Å². The van der Waals surface area contributed by atoms with E-state index >= 15 is 0 Å². The highest BCUT2D eigenvalue weighted by atomic mass is 19.4. The van der Waals surface area contributed by atoms with Gasteiger partial charge in [0.25, 0.3) is 0 Å². The normalized spacial score (nSPS) is 14.9. The Morgan fingerprint density at radius 1 is 1.15 bits per heavy atom. The Morgan fingerprint density at radius 3 is 1.95 bits per heavy atom. The number of rotatable bonds is 6. The van der Waals surface area contributed by atoms with E-state index in [-0.39, 0.29) is 18.7 Å². The van der Waals surface area contributed by atoms with Crippen LogP contribution in [0, 0.1) is 5.41 Å². The van der Waals surface area contributed by atoms with E-state index in [1.165, 1.54) is 13.8 Å². The van der Waals surface area contributed by atoms with Crippen molar-refractivity contribution in [2.24, 2.45) is 16.3 Å². The molecule has 0 spiro atoms. The molecule has 0 bridgehead atoms. The van der Waals surface area contributed by atoms with E-state index < -0.39 is 30.5 Å². The van der Waals surface area contributed by atoms with E-state index in [0.717, 1.165) is 0 Å². The highest BCUT2D eigenvalue weighted by Gasteiger charge is 2.57. The van der Waals surface area contributed by atoms with Gasteiger partial charge >= 0.3 is 12.4 Å². The van der Waals surface area contributed by atoms with Gasteiger partial charge in [0, 0.05) is 12.0 Å². The van der Waals surface area contributed by atoms with Crippen LogP contribution in [0.1, 0.15) is 26.7 Å². The second-order valence-electron chi connectivity index (χ2n) is 4.81. The van der Waals surface area contributed by atoms with Crippen molar-refractivity contribution in [1.29, 1.82) is 0 Å². The molecule has 0 aliphatic rings. The summed E-state index contributed by atoms with van der Waals surface area (Å²) in [5, 5.41) is 11.2. The van der Waals surface area contributed by atoms with Gasteiger partial charge in [0.15, 0.2) is 0 Å². The van der Waals surface area contributed by atoms with Gasteiger partial charge in [0.05, 0.1) is 0 Å². The molecule has 0 heterocycles. The van der Waals surface area contributed by atoms with Crippen molar-refractivity contribution in [2.75, 3.05) is 6.61 Å². The maximum Gasteiger partial charge on any atom is 0.423 e. The SMILES string of the molecule is CC(C)(CCCOC(C(F)(F)F)C(F)(F)F)C(N)=NO.